The Bertz CT molecular complexity index is 2170. The Labute approximate surface area is 276 Å². The van der Waals surface area contributed by atoms with Crippen molar-refractivity contribution in [3.05, 3.63) is 136 Å². The summed E-state index contributed by atoms with van der Waals surface area (Å²) in [4.78, 5) is 32.8. The molecule has 2 heterocycles. The van der Waals surface area contributed by atoms with Gasteiger partial charge in [0.05, 0.1) is 40.0 Å². The molecule has 5 aromatic rings. The third kappa shape index (κ3) is 5.95. The number of hydrogen-bond donors (Lipinski definition) is 0. The van der Waals surface area contributed by atoms with Crippen molar-refractivity contribution < 1.29 is 19.0 Å². The Morgan fingerprint density at radius 3 is 2.62 bits per heavy atom. The lowest BCUT2D eigenvalue weighted by atomic mass is 9.91. The summed E-state index contributed by atoms with van der Waals surface area (Å²) in [6, 6.07) is 24.2. The van der Waals surface area contributed by atoms with E-state index in [1.807, 2.05) is 78.9 Å². The molecule has 1 aliphatic rings. The van der Waals surface area contributed by atoms with Crippen LogP contribution in [0, 0.1) is 0 Å². The molecule has 1 aliphatic heterocycles. The number of esters is 1. The Hall–Kier alpha value is -4.18. The van der Waals surface area contributed by atoms with Crippen molar-refractivity contribution in [2.24, 2.45) is 4.99 Å². The SMILES string of the molecule is CCOC(=O)C1=C(C)N=c2s/c(=C/c3cc(Br)c(OCc4ccccc4Cl)c(OC)c3)c(=O)n2[C@@H]1c1cccc2ccccc12. The molecule has 0 aliphatic carbocycles. The fraction of sp³-hybridized carbons (Fsp3) is 0.171. The van der Waals surface area contributed by atoms with Gasteiger partial charge in [-0.05, 0) is 76.0 Å². The highest BCUT2D eigenvalue weighted by atomic mass is 79.9. The zero-order valence-electron chi connectivity index (χ0n) is 24.7. The molecular weight excluding hydrogens is 676 g/mol. The first-order valence-electron chi connectivity index (χ1n) is 14.2. The predicted molar refractivity (Wildman–Crippen MR) is 181 cm³/mol. The minimum Gasteiger partial charge on any atom is -0.493 e. The molecule has 0 fully saturated rings. The lowest BCUT2D eigenvalue weighted by molar-refractivity contribution is -0.139. The molecule has 6 rings (SSSR count). The zero-order valence-corrected chi connectivity index (χ0v) is 27.8. The average Bonchev–Trinajstić information content (AvgIpc) is 3.33. The van der Waals surface area contributed by atoms with Gasteiger partial charge in [-0.2, -0.15) is 0 Å². The van der Waals surface area contributed by atoms with Crippen LogP contribution in [0.15, 0.2) is 104 Å². The number of fused-ring (bicyclic) bond motifs is 2. The normalized spacial score (nSPS) is 14.7. The number of aromatic nitrogens is 1. The molecule has 10 heteroatoms. The van der Waals surface area contributed by atoms with E-state index in [9.17, 15) is 9.59 Å². The van der Waals surface area contributed by atoms with E-state index in [0.29, 0.717) is 41.6 Å². The first-order chi connectivity index (χ1) is 21.8. The molecule has 0 saturated heterocycles. The van der Waals surface area contributed by atoms with Gasteiger partial charge in [-0.3, -0.25) is 9.36 Å². The molecule has 0 radical (unpaired) electrons. The standard InChI is InChI=1S/C35H28BrClN2O5S/c1-4-43-34(41)30-20(2)38-35-39(31(30)25-14-9-12-22-10-5-7-13-24(22)25)33(40)29(45-35)18-21-16-26(36)32(28(17-21)42-3)44-19-23-11-6-8-15-27(23)37/h5-18,31H,4,19H2,1-3H3/b29-18+/t31-/m1/s1. The van der Waals surface area contributed by atoms with E-state index in [1.54, 1.807) is 31.6 Å². The second-order valence-corrected chi connectivity index (χ2v) is 12.6. The van der Waals surface area contributed by atoms with E-state index in [1.165, 1.54) is 11.3 Å². The van der Waals surface area contributed by atoms with Gasteiger partial charge in [-0.1, -0.05) is 83.6 Å². The van der Waals surface area contributed by atoms with E-state index in [0.717, 1.165) is 27.5 Å². The highest BCUT2D eigenvalue weighted by Crippen LogP contribution is 2.38. The van der Waals surface area contributed by atoms with Crippen LogP contribution in [-0.4, -0.2) is 24.3 Å². The summed E-state index contributed by atoms with van der Waals surface area (Å²) in [5.74, 6) is 0.512. The number of thiazole rings is 1. The van der Waals surface area contributed by atoms with Crippen LogP contribution < -0.4 is 24.4 Å². The van der Waals surface area contributed by atoms with Gasteiger partial charge in [0.25, 0.3) is 5.56 Å². The van der Waals surface area contributed by atoms with Crippen molar-refractivity contribution in [3.8, 4) is 11.5 Å². The number of carbonyl (C=O) groups is 1. The van der Waals surface area contributed by atoms with Crippen LogP contribution in [0.3, 0.4) is 0 Å². The smallest absolute Gasteiger partial charge is 0.338 e. The topological polar surface area (TPSA) is 79.1 Å². The second kappa shape index (κ2) is 13.0. The number of hydrogen-bond acceptors (Lipinski definition) is 7. The van der Waals surface area contributed by atoms with Crippen LogP contribution in [0.25, 0.3) is 16.8 Å². The lowest BCUT2D eigenvalue weighted by Gasteiger charge is -2.25. The fourth-order valence-corrected chi connectivity index (χ4v) is 7.27. The number of halogens is 2. The zero-order chi connectivity index (χ0) is 31.7. The fourth-order valence-electron chi connectivity index (χ4n) is 5.45. The molecule has 0 spiro atoms. The maximum absolute atomic E-state index is 14.2. The molecule has 228 valence electrons. The van der Waals surface area contributed by atoms with Gasteiger partial charge < -0.3 is 14.2 Å². The molecule has 45 heavy (non-hydrogen) atoms. The largest absolute Gasteiger partial charge is 0.493 e. The molecule has 7 nitrogen and oxygen atoms in total. The summed E-state index contributed by atoms with van der Waals surface area (Å²) in [6.07, 6.45) is 1.79. The van der Waals surface area contributed by atoms with Gasteiger partial charge in [0.2, 0.25) is 0 Å². The first-order valence-corrected chi connectivity index (χ1v) is 16.2. The summed E-state index contributed by atoms with van der Waals surface area (Å²) >= 11 is 11.2. The number of nitrogens with zero attached hydrogens (tertiary/aromatic N) is 2. The number of ether oxygens (including phenoxy) is 3. The number of methoxy groups -OCH3 is 1. The van der Waals surface area contributed by atoms with Crippen molar-refractivity contribution in [2.45, 2.75) is 26.5 Å². The minimum absolute atomic E-state index is 0.205. The van der Waals surface area contributed by atoms with Crippen LogP contribution in [0.2, 0.25) is 5.02 Å². The summed E-state index contributed by atoms with van der Waals surface area (Å²) in [5.41, 5.74) is 2.98. The van der Waals surface area contributed by atoms with Gasteiger partial charge in [-0.15, -0.1) is 0 Å². The predicted octanol–water partition coefficient (Wildman–Crippen LogP) is 6.96. The first kappa shape index (κ1) is 30.8. The highest BCUT2D eigenvalue weighted by molar-refractivity contribution is 9.10. The van der Waals surface area contributed by atoms with E-state index in [2.05, 4.69) is 15.9 Å². The maximum atomic E-state index is 14.2. The van der Waals surface area contributed by atoms with E-state index < -0.39 is 12.0 Å². The van der Waals surface area contributed by atoms with E-state index >= 15 is 0 Å². The van der Waals surface area contributed by atoms with Gasteiger partial charge in [0, 0.05) is 10.6 Å². The summed E-state index contributed by atoms with van der Waals surface area (Å²) in [5, 5.41) is 2.56. The molecule has 1 atom stereocenters. The molecule has 0 bridgehead atoms. The van der Waals surface area contributed by atoms with Crippen molar-refractivity contribution in [1.29, 1.82) is 0 Å². The molecule has 0 saturated carbocycles. The third-order valence-corrected chi connectivity index (χ3v) is 9.46. The van der Waals surface area contributed by atoms with Crippen LogP contribution in [-0.2, 0) is 16.1 Å². The van der Waals surface area contributed by atoms with E-state index in [-0.39, 0.29) is 18.8 Å². The highest BCUT2D eigenvalue weighted by Gasteiger charge is 2.34. The molecule has 0 amide bonds. The number of rotatable bonds is 8. The molecule has 1 aromatic heterocycles. The third-order valence-electron chi connectivity index (χ3n) is 7.51. The van der Waals surface area contributed by atoms with Crippen molar-refractivity contribution in [1.82, 2.24) is 4.57 Å². The van der Waals surface area contributed by atoms with Crippen LogP contribution in [0.5, 0.6) is 11.5 Å². The second-order valence-electron chi connectivity index (χ2n) is 10.3. The summed E-state index contributed by atoms with van der Waals surface area (Å²) < 4.78 is 19.9. The Balaban J connectivity index is 1.46. The molecule has 0 unspecified atom stereocenters. The number of carbonyl (C=O) groups excluding carboxylic acids is 1. The monoisotopic (exact) mass is 702 g/mol. The van der Waals surface area contributed by atoms with Gasteiger partial charge in [0.15, 0.2) is 16.3 Å². The van der Waals surface area contributed by atoms with Crippen LogP contribution >= 0.6 is 38.9 Å². The Kier molecular flexibility index (Phi) is 8.94. The van der Waals surface area contributed by atoms with Crippen LogP contribution in [0.1, 0.15) is 36.6 Å². The number of allylic oxidation sites excluding steroid dienone is 1. The number of benzene rings is 4. The van der Waals surface area contributed by atoms with E-state index in [4.69, 9.17) is 30.8 Å². The van der Waals surface area contributed by atoms with Crippen molar-refractivity contribution >= 4 is 61.7 Å². The van der Waals surface area contributed by atoms with Gasteiger partial charge >= 0.3 is 5.97 Å². The molecular formula is C35H28BrClN2O5S. The van der Waals surface area contributed by atoms with Crippen molar-refractivity contribution in [2.75, 3.05) is 13.7 Å². The quantitative estimate of drug-likeness (QED) is 0.164. The van der Waals surface area contributed by atoms with Gasteiger partial charge in [0.1, 0.15) is 6.61 Å². The Morgan fingerprint density at radius 1 is 1.09 bits per heavy atom. The van der Waals surface area contributed by atoms with Crippen LogP contribution in [0.4, 0.5) is 0 Å². The summed E-state index contributed by atoms with van der Waals surface area (Å²) in [6.45, 7) is 4.00. The minimum atomic E-state index is -0.713. The lowest BCUT2D eigenvalue weighted by Crippen LogP contribution is -2.40. The molecule has 0 N–H and O–H groups in total. The van der Waals surface area contributed by atoms with Gasteiger partial charge in [-0.25, -0.2) is 9.79 Å². The maximum Gasteiger partial charge on any atom is 0.338 e. The molecule has 4 aromatic carbocycles. The summed E-state index contributed by atoms with van der Waals surface area (Å²) in [7, 11) is 1.56. The van der Waals surface area contributed by atoms with Crippen molar-refractivity contribution in [3.63, 3.8) is 0 Å². The average molecular weight is 704 g/mol. The Morgan fingerprint density at radius 2 is 1.84 bits per heavy atom.